The van der Waals surface area contributed by atoms with Gasteiger partial charge in [-0.3, -0.25) is 4.79 Å². The predicted octanol–water partition coefficient (Wildman–Crippen LogP) is 5.98. The number of carboxylic acids is 1. The Morgan fingerprint density at radius 3 is 2.26 bits per heavy atom. The van der Waals surface area contributed by atoms with Gasteiger partial charge in [-0.05, 0) is 40.5 Å². The van der Waals surface area contributed by atoms with E-state index in [0.717, 1.165) is 37.5 Å². The molecule has 0 saturated heterocycles. The third kappa shape index (κ3) is 3.96. The summed E-state index contributed by atoms with van der Waals surface area (Å²) < 4.78 is 1.06. The molecule has 0 aliphatic carbocycles. The van der Waals surface area contributed by atoms with Crippen LogP contribution in [0.15, 0.2) is 78.9 Å². The molecule has 0 atom stereocenters. The van der Waals surface area contributed by atoms with Gasteiger partial charge >= 0.3 is 5.97 Å². The van der Waals surface area contributed by atoms with E-state index in [0.29, 0.717) is 0 Å². The molecule has 0 aliphatic rings. The molecule has 1 heterocycles. The minimum absolute atomic E-state index is 0.0553. The molecule has 27 heavy (non-hydrogen) atoms. The number of aliphatic carboxylic acids is 1. The summed E-state index contributed by atoms with van der Waals surface area (Å²) >= 11 is 1.52. The Hall–Kier alpha value is -3.24. The molecule has 4 heteroatoms. The van der Waals surface area contributed by atoms with Gasteiger partial charge < -0.3 is 5.11 Å². The molecule has 0 saturated carbocycles. The Labute approximate surface area is 161 Å². The summed E-state index contributed by atoms with van der Waals surface area (Å²) in [5, 5.41) is 10.1. The Morgan fingerprint density at radius 2 is 1.56 bits per heavy atom. The first-order chi connectivity index (χ1) is 13.2. The van der Waals surface area contributed by atoms with Crippen LogP contribution in [0.2, 0.25) is 0 Å². The van der Waals surface area contributed by atoms with Crippen molar-refractivity contribution in [3.8, 4) is 11.1 Å². The molecule has 0 spiro atoms. The Kier molecular flexibility index (Phi) is 4.81. The molecule has 132 valence electrons. The first-order valence-electron chi connectivity index (χ1n) is 8.63. The van der Waals surface area contributed by atoms with Gasteiger partial charge in [0.15, 0.2) is 0 Å². The Balaban J connectivity index is 1.69. The van der Waals surface area contributed by atoms with Crippen molar-refractivity contribution in [2.45, 2.75) is 6.42 Å². The second kappa shape index (κ2) is 7.56. The van der Waals surface area contributed by atoms with E-state index in [2.05, 4.69) is 29.2 Å². The zero-order chi connectivity index (χ0) is 18.6. The van der Waals surface area contributed by atoms with Crippen molar-refractivity contribution >= 4 is 39.2 Å². The van der Waals surface area contributed by atoms with Crippen LogP contribution in [0.1, 0.15) is 17.0 Å². The molecule has 0 fully saturated rings. The molecule has 0 aliphatic heterocycles. The number of nitrogens with zero attached hydrogens (tertiary/aromatic N) is 1. The molecular weight excluding hydrogens is 354 g/mol. The molecule has 0 unspecified atom stereocenters. The molecule has 0 bridgehead atoms. The van der Waals surface area contributed by atoms with Crippen molar-refractivity contribution in [3.05, 3.63) is 89.4 Å². The monoisotopic (exact) mass is 371 g/mol. The summed E-state index contributed by atoms with van der Waals surface area (Å²) in [7, 11) is 0. The topological polar surface area (TPSA) is 50.2 Å². The van der Waals surface area contributed by atoms with Crippen molar-refractivity contribution in [2.24, 2.45) is 0 Å². The molecule has 0 radical (unpaired) electrons. The maximum absolute atomic E-state index is 11.4. The largest absolute Gasteiger partial charge is 0.481 e. The quantitative estimate of drug-likeness (QED) is 0.469. The lowest BCUT2D eigenvalue weighted by atomic mass is 10.0. The third-order valence-electron chi connectivity index (χ3n) is 4.27. The summed E-state index contributed by atoms with van der Waals surface area (Å²) in [6.07, 6.45) is 1.86. The van der Waals surface area contributed by atoms with Crippen LogP contribution in [0, 0.1) is 0 Å². The van der Waals surface area contributed by atoms with E-state index in [1.165, 1.54) is 11.3 Å². The zero-order valence-corrected chi connectivity index (χ0v) is 15.3. The van der Waals surface area contributed by atoms with E-state index in [-0.39, 0.29) is 6.42 Å². The number of rotatable bonds is 5. The number of carbonyl (C=O) groups is 1. The van der Waals surface area contributed by atoms with Gasteiger partial charge in [-0.2, -0.15) is 0 Å². The van der Waals surface area contributed by atoms with Gasteiger partial charge in [0.2, 0.25) is 0 Å². The highest BCUT2D eigenvalue weighted by molar-refractivity contribution is 7.19. The number of para-hydroxylation sites is 1. The molecular formula is C23H17NO2S. The van der Waals surface area contributed by atoms with Gasteiger partial charge in [-0.25, -0.2) is 4.98 Å². The van der Waals surface area contributed by atoms with Crippen molar-refractivity contribution < 1.29 is 9.90 Å². The first kappa shape index (κ1) is 17.2. The summed E-state index contributed by atoms with van der Waals surface area (Å²) in [6, 6.07) is 26.2. The van der Waals surface area contributed by atoms with Gasteiger partial charge in [0.1, 0.15) is 5.01 Å². The predicted molar refractivity (Wildman–Crippen MR) is 112 cm³/mol. The minimum atomic E-state index is -0.860. The van der Waals surface area contributed by atoms with Crippen molar-refractivity contribution in [1.29, 1.82) is 0 Å². The summed E-state index contributed by atoms with van der Waals surface area (Å²) in [5.74, 6) is -0.860. The average Bonchev–Trinajstić information content (AvgIpc) is 3.13. The van der Waals surface area contributed by atoms with Crippen LogP contribution in [0.3, 0.4) is 0 Å². The fourth-order valence-corrected chi connectivity index (χ4v) is 3.94. The maximum atomic E-state index is 11.4. The van der Waals surface area contributed by atoms with E-state index in [1.807, 2.05) is 60.7 Å². The van der Waals surface area contributed by atoms with Gasteiger partial charge in [0, 0.05) is 0 Å². The number of fused-ring (bicyclic) bond motifs is 1. The average molecular weight is 371 g/mol. The first-order valence-corrected chi connectivity index (χ1v) is 9.44. The molecule has 4 aromatic rings. The highest BCUT2D eigenvalue weighted by Gasteiger charge is 2.12. The van der Waals surface area contributed by atoms with Crippen LogP contribution in [0.4, 0.5) is 0 Å². The van der Waals surface area contributed by atoms with E-state index in [9.17, 15) is 9.90 Å². The summed E-state index contributed by atoms with van der Waals surface area (Å²) in [4.78, 5) is 16.0. The van der Waals surface area contributed by atoms with Crippen LogP contribution >= 0.6 is 11.3 Å². The lowest BCUT2D eigenvalue weighted by Gasteiger charge is -2.04. The van der Waals surface area contributed by atoms with Crippen LogP contribution in [-0.2, 0) is 4.79 Å². The van der Waals surface area contributed by atoms with Crippen molar-refractivity contribution in [3.63, 3.8) is 0 Å². The summed E-state index contributed by atoms with van der Waals surface area (Å²) in [6.45, 7) is 0. The molecule has 0 amide bonds. The van der Waals surface area contributed by atoms with E-state index < -0.39 is 5.97 Å². The number of aromatic nitrogens is 1. The van der Waals surface area contributed by atoms with Gasteiger partial charge in [0.05, 0.1) is 16.6 Å². The molecule has 3 aromatic carbocycles. The van der Waals surface area contributed by atoms with E-state index in [1.54, 1.807) is 0 Å². The summed E-state index contributed by atoms with van der Waals surface area (Å²) in [5.41, 5.74) is 4.87. The molecule has 1 N–H and O–H groups in total. The standard InChI is InChI=1S/C23H17NO2S/c25-22(26)15-19(23-24-20-8-4-5-9-21(20)27-23)14-16-10-12-18(13-11-16)17-6-2-1-3-7-17/h1-14H,15H2,(H,25,26)/b19-14-. The highest BCUT2D eigenvalue weighted by atomic mass is 32.1. The molecule has 1 aromatic heterocycles. The molecule has 4 rings (SSSR count). The number of benzene rings is 3. The number of thiazole rings is 1. The minimum Gasteiger partial charge on any atom is -0.481 e. The Bertz CT molecular complexity index is 1080. The third-order valence-corrected chi connectivity index (χ3v) is 5.38. The lowest BCUT2D eigenvalue weighted by Crippen LogP contribution is -1.97. The van der Waals surface area contributed by atoms with Crippen LogP contribution in [0.25, 0.3) is 33.0 Å². The van der Waals surface area contributed by atoms with E-state index >= 15 is 0 Å². The normalized spacial score (nSPS) is 11.6. The zero-order valence-electron chi connectivity index (χ0n) is 14.5. The van der Waals surface area contributed by atoms with Gasteiger partial charge in [0.25, 0.3) is 0 Å². The second-order valence-electron chi connectivity index (χ2n) is 6.21. The SMILES string of the molecule is O=C(O)C/C(=C/c1ccc(-c2ccccc2)cc1)c1nc2ccccc2s1. The van der Waals surface area contributed by atoms with Crippen LogP contribution < -0.4 is 0 Å². The lowest BCUT2D eigenvalue weighted by molar-refractivity contribution is -0.135. The second-order valence-corrected chi connectivity index (χ2v) is 7.25. The van der Waals surface area contributed by atoms with Crippen LogP contribution in [-0.4, -0.2) is 16.1 Å². The Morgan fingerprint density at radius 1 is 0.889 bits per heavy atom. The number of hydrogen-bond donors (Lipinski definition) is 1. The highest BCUT2D eigenvalue weighted by Crippen LogP contribution is 2.30. The maximum Gasteiger partial charge on any atom is 0.307 e. The smallest absolute Gasteiger partial charge is 0.307 e. The van der Waals surface area contributed by atoms with Gasteiger partial charge in [-0.1, -0.05) is 66.7 Å². The van der Waals surface area contributed by atoms with Crippen LogP contribution in [0.5, 0.6) is 0 Å². The molecule has 3 nitrogen and oxygen atoms in total. The van der Waals surface area contributed by atoms with E-state index in [4.69, 9.17) is 0 Å². The number of carboxylic acid groups (broad SMARTS) is 1. The fourth-order valence-electron chi connectivity index (χ4n) is 2.96. The van der Waals surface area contributed by atoms with Gasteiger partial charge in [-0.15, -0.1) is 11.3 Å². The van der Waals surface area contributed by atoms with Crippen molar-refractivity contribution in [2.75, 3.05) is 0 Å². The van der Waals surface area contributed by atoms with Crippen molar-refractivity contribution in [1.82, 2.24) is 4.98 Å². The fraction of sp³-hybridized carbons (Fsp3) is 0.0435. The number of hydrogen-bond acceptors (Lipinski definition) is 3.